The number of carbonyl (C=O) groups excluding carboxylic acids is 2. The van der Waals surface area contributed by atoms with Gasteiger partial charge in [-0.3, -0.25) is 4.79 Å². The Kier molecular flexibility index (Phi) is 4.56. The lowest BCUT2D eigenvalue weighted by Gasteiger charge is -2.38. The Labute approximate surface area is 107 Å². The lowest BCUT2D eigenvalue weighted by atomic mass is 9.76. The van der Waals surface area contributed by atoms with Crippen molar-refractivity contribution in [3.8, 4) is 0 Å². The Bertz CT molecular complexity index is 319. The molecule has 0 spiro atoms. The highest BCUT2D eigenvalue weighted by Crippen LogP contribution is 2.30. The molecular formula is C12H22N2O4. The molecule has 6 nitrogen and oxygen atoms in total. The fraction of sp³-hybridized carbons (Fsp3) is 0.833. The second-order valence-corrected chi connectivity index (χ2v) is 5.62. The van der Waals surface area contributed by atoms with Crippen LogP contribution in [0.25, 0.3) is 0 Å². The molecule has 1 aliphatic rings. The molecule has 0 aromatic carbocycles. The van der Waals surface area contributed by atoms with E-state index in [0.29, 0.717) is 12.8 Å². The van der Waals surface area contributed by atoms with Gasteiger partial charge in [0.15, 0.2) is 0 Å². The van der Waals surface area contributed by atoms with E-state index in [2.05, 4.69) is 10.1 Å². The summed E-state index contributed by atoms with van der Waals surface area (Å²) in [6.45, 7) is 5.43. The Morgan fingerprint density at radius 2 is 1.89 bits per heavy atom. The summed E-state index contributed by atoms with van der Waals surface area (Å²) in [6.07, 6.45) is 0.919. The maximum atomic E-state index is 11.5. The van der Waals surface area contributed by atoms with E-state index in [0.717, 1.165) is 0 Å². The number of amides is 1. The SMILES string of the molecule is COC(=O)C(N)C1CC(NC(=O)OC(C)(C)C)C1. The van der Waals surface area contributed by atoms with E-state index >= 15 is 0 Å². The summed E-state index contributed by atoms with van der Waals surface area (Å²) in [4.78, 5) is 22.7. The number of esters is 1. The zero-order valence-electron chi connectivity index (χ0n) is 11.4. The van der Waals surface area contributed by atoms with Gasteiger partial charge in [0.2, 0.25) is 0 Å². The summed E-state index contributed by atoms with van der Waals surface area (Å²) >= 11 is 0. The highest BCUT2D eigenvalue weighted by molar-refractivity contribution is 5.76. The fourth-order valence-corrected chi connectivity index (χ4v) is 1.88. The Morgan fingerprint density at radius 1 is 1.33 bits per heavy atom. The molecule has 1 atom stereocenters. The summed E-state index contributed by atoms with van der Waals surface area (Å²) in [5.41, 5.74) is 5.20. The number of methoxy groups -OCH3 is 1. The van der Waals surface area contributed by atoms with E-state index in [9.17, 15) is 9.59 Å². The number of alkyl carbamates (subject to hydrolysis) is 1. The zero-order valence-corrected chi connectivity index (χ0v) is 11.4. The Balaban J connectivity index is 2.27. The van der Waals surface area contributed by atoms with Crippen LogP contribution in [0.2, 0.25) is 0 Å². The van der Waals surface area contributed by atoms with Gasteiger partial charge < -0.3 is 20.5 Å². The third kappa shape index (κ3) is 4.18. The molecule has 1 unspecified atom stereocenters. The van der Waals surface area contributed by atoms with Crippen molar-refractivity contribution in [2.75, 3.05) is 7.11 Å². The molecule has 1 saturated carbocycles. The van der Waals surface area contributed by atoms with E-state index in [1.165, 1.54) is 7.11 Å². The average Bonchev–Trinajstić information content (AvgIpc) is 2.18. The Morgan fingerprint density at radius 3 is 2.33 bits per heavy atom. The molecular weight excluding hydrogens is 236 g/mol. The molecule has 0 aliphatic heterocycles. The molecule has 1 fully saturated rings. The number of rotatable bonds is 3. The molecule has 3 N–H and O–H groups in total. The third-order valence-corrected chi connectivity index (χ3v) is 2.88. The van der Waals surface area contributed by atoms with Gasteiger partial charge in [0.05, 0.1) is 7.11 Å². The summed E-state index contributed by atoms with van der Waals surface area (Å²) in [5, 5.41) is 2.75. The van der Waals surface area contributed by atoms with Crippen LogP contribution in [0.4, 0.5) is 4.79 Å². The zero-order chi connectivity index (χ0) is 13.9. The van der Waals surface area contributed by atoms with Crippen molar-refractivity contribution in [1.29, 1.82) is 0 Å². The van der Waals surface area contributed by atoms with Crippen LogP contribution < -0.4 is 11.1 Å². The van der Waals surface area contributed by atoms with Gasteiger partial charge in [-0.2, -0.15) is 0 Å². The molecule has 0 saturated heterocycles. The molecule has 104 valence electrons. The van der Waals surface area contributed by atoms with Crippen molar-refractivity contribution in [1.82, 2.24) is 5.32 Å². The van der Waals surface area contributed by atoms with Gasteiger partial charge in [0, 0.05) is 6.04 Å². The van der Waals surface area contributed by atoms with Crippen molar-refractivity contribution in [3.63, 3.8) is 0 Å². The fourth-order valence-electron chi connectivity index (χ4n) is 1.88. The minimum atomic E-state index is -0.605. The second kappa shape index (κ2) is 5.56. The van der Waals surface area contributed by atoms with Crippen LogP contribution in [0.15, 0.2) is 0 Å². The first-order chi connectivity index (χ1) is 8.23. The van der Waals surface area contributed by atoms with E-state index < -0.39 is 23.7 Å². The topological polar surface area (TPSA) is 90.6 Å². The van der Waals surface area contributed by atoms with E-state index in [4.69, 9.17) is 10.5 Å². The van der Waals surface area contributed by atoms with Gasteiger partial charge in [0.1, 0.15) is 11.6 Å². The molecule has 18 heavy (non-hydrogen) atoms. The normalized spacial score (nSPS) is 24.7. The van der Waals surface area contributed by atoms with Crippen molar-refractivity contribution < 1.29 is 19.1 Å². The first kappa shape index (κ1) is 14.8. The summed E-state index contributed by atoms with van der Waals surface area (Å²) in [6, 6.07) is -0.577. The molecule has 0 aromatic rings. The largest absolute Gasteiger partial charge is 0.468 e. The number of carbonyl (C=O) groups is 2. The molecule has 0 bridgehead atoms. The van der Waals surface area contributed by atoms with Crippen molar-refractivity contribution in [2.24, 2.45) is 11.7 Å². The highest BCUT2D eigenvalue weighted by Gasteiger charge is 2.38. The standard InChI is InChI=1S/C12H22N2O4/c1-12(2,3)18-11(16)14-8-5-7(6-8)9(13)10(15)17-4/h7-9H,5-6,13H2,1-4H3,(H,14,16). The lowest BCUT2D eigenvalue weighted by Crippen LogP contribution is -2.53. The molecule has 0 heterocycles. The predicted molar refractivity (Wildman–Crippen MR) is 65.9 cm³/mol. The van der Waals surface area contributed by atoms with E-state index in [1.807, 2.05) is 20.8 Å². The van der Waals surface area contributed by atoms with Crippen LogP contribution in [0.3, 0.4) is 0 Å². The van der Waals surface area contributed by atoms with Gasteiger partial charge >= 0.3 is 12.1 Å². The third-order valence-electron chi connectivity index (χ3n) is 2.88. The number of nitrogens with two attached hydrogens (primary N) is 1. The molecule has 0 radical (unpaired) electrons. The van der Waals surface area contributed by atoms with Gasteiger partial charge in [-0.25, -0.2) is 4.79 Å². The van der Waals surface area contributed by atoms with E-state index in [-0.39, 0.29) is 12.0 Å². The molecule has 1 amide bonds. The summed E-state index contributed by atoms with van der Waals surface area (Å²) < 4.78 is 9.71. The summed E-state index contributed by atoms with van der Waals surface area (Å²) in [7, 11) is 1.32. The van der Waals surface area contributed by atoms with Crippen molar-refractivity contribution in [3.05, 3.63) is 0 Å². The van der Waals surface area contributed by atoms with Crippen LogP contribution in [0, 0.1) is 5.92 Å². The number of ether oxygens (including phenoxy) is 2. The van der Waals surface area contributed by atoms with Gasteiger partial charge in [-0.05, 0) is 39.5 Å². The number of hydrogen-bond donors (Lipinski definition) is 2. The highest BCUT2D eigenvalue weighted by atomic mass is 16.6. The van der Waals surface area contributed by atoms with Crippen LogP contribution in [0.5, 0.6) is 0 Å². The predicted octanol–water partition coefficient (Wildman–Crippen LogP) is 0.790. The second-order valence-electron chi connectivity index (χ2n) is 5.62. The van der Waals surface area contributed by atoms with Crippen LogP contribution in [-0.2, 0) is 14.3 Å². The van der Waals surface area contributed by atoms with Crippen LogP contribution >= 0.6 is 0 Å². The number of nitrogens with one attached hydrogen (secondary N) is 1. The van der Waals surface area contributed by atoms with Crippen LogP contribution in [-0.4, -0.2) is 36.9 Å². The maximum Gasteiger partial charge on any atom is 0.407 e. The minimum Gasteiger partial charge on any atom is -0.468 e. The molecule has 6 heteroatoms. The molecule has 1 rings (SSSR count). The van der Waals surface area contributed by atoms with Crippen molar-refractivity contribution >= 4 is 12.1 Å². The number of hydrogen-bond acceptors (Lipinski definition) is 5. The quantitative estimate of drug-likeness (QED) is 0.730. The van der Waals surface area contributed by atoms with Crippen LogP contribution in [0.1, 0.15) is 33.6 Å². The maximum absolute atomic E-state index is 11.5. The first-order valence-corrected chi connectivity index (χ1v) is 6.06. The minimum absolute atomic E-state index is 0.0283. The lowest BCUT2D eigenvalue weighted by molar-refractivity contribution is -0.144. The molecule has 0 aromatic heterocycles. The molecule has 1 aliphatic carbocycles. The van der Waals surface area contributed by atoms with Crippen molar-refractivity contribution in [2.45, 2.75) is 51.3 Å². The Hall–Kier alpha value is -1.30. The average molecular weight is 258 g/mol. The van der Waals surface area contributed by atoms with Gasteiger partial charge in [-0.1, -0.05) is 0 Å². The monoisotopic (exact) mass is 258 g/mol. The van der Waals surface area contributed by atoms with Gasteiger partial charge in [0.25, 0.3) is 0 Å². The van der Waals surface area contributed by atoms with E-state index in [1.54, 1.807) is 0 Å². The first-order valence-electron chi connectivity index (χ1n) is 6.06. The summed E-state index contributed by atoms with van der Waals surface area (Å²) in [5.74, 6) is -0.340. The van der Waals surface area contributed by atoms with Gasteiger partial charge in [-0.15, -0.1) is 0 Å². The smallest absolute Gasteiger partial charge is 0.407 e.